The molecule has 0 saturated carbocycles. The van der Waals surface area contributed by atoms with Gasteiger partial charge in [0.25, 0.3) is 0 Å². The van der Waals surface area contributed by atoms with Crippen LogP contribution in [0.1, 0.15) is 21.5 Å². The first-order chi connectivity index (χ1) is 10.0. The quantitative estimate of drug-likeness (QED) is 0.771. The van der Waals surface area contributed by atoms with Gasteiger partial charge in [-0.25, -0.2) is 4.79 Å². The minimum atomic E-state index is -1.12. The van der Waals surface area contributed by atoms with E-state index < -0.39 is 10.8 Å². The maximum absolute atomic E-state index is 12.4. The third-order valence-electron chi connectivity index (χ3n) is 3.01. The first-order valence-electron chi connectivity index (χ1n) is 6.33. The summed E-state index contributed by atoms with van der Waals surface area (Å²) in [5, 5.41) is 0. The Hall–Kier alpha value is -1.46. The number of benzene rings is 2. The topological polar surface area (TPSA) is 43.4 Å². The molecule has 1 unspecified atom stereocenters. The van der Waals surface area contributed by atoms with Gasteiger partial charge in [0.2, 0.25) is 0 Å². The van der Waals surface area contributed by atoms with Gasteiger partial charge in [-0.3, -0.25) is 4.21 Å². The van der Waals surface area contributed by atoms with E-state index in [9.17, 15) is 9.00 Å². The molecule has 0 aromatic heterocycles. The van der Waals surface area contributed by atoms with Crippen molar-refractivity contribution in [1.29, 1.82) is 0 Å². The van der Waals surface area contributed by atoms with Crippen LogP contribution in [0.3, 0.4) is 0 Å². The zero-order valence-electron chi connectivity index (χ0n) is 11.8. The summed E-state index contributed by atoms with van der Waals surface area (Å²) in [5.74, 6) is 0.00735. The molecule has 2 aromatic rings. The highest BCUT2D eigenvalue weighted by Gasteiger charge is 2.11. The molecule has 0 aliphatic rings. The second-order valence-corrected chi connectivity index (χ2v) is 6.91. The van der Waals surface area contributed by atoms with E-state index in [-0.39, 0.29) is 5.97 Å². The molecule has 0 fully saturated rings. The van der Waals surface area contributed by atoms with Crippen molar-refractivity contribution in [1.82, 2.24) is 0 Å². The summed E-state index contributed by atoms with van der Waals surface area (Å²) in [5.41, 5.74) is 2.44. The molecule has 0 spiro atoms. The number of ether oxygens (including phenoxy) is 1. The van der Waals surface area contributed by atoms with E-state index in [4.69, 9.17) is 0 Å². The van der Waals surface area contributed by atoms with E-state index in [1.54, 1.807) is 18.2 Å². The summed E-state index contributed by atoms with van der Waals surface area (Å²) < 4.78 is 17.8. The highest BCUT2D eigenvalue weighted by Crippen LogP contribution is 2.23. The number of aryl methyl sites for hydroxylation is 1. The molecule has 21 heavy (non-hydrogen) atoms. The number of carbonyl (C=O) groups excluding carboxylic acids is 1. The van der Waals surface area contributed by atoms with Crippen LogP contribution < -0.4 is 0 Å². The summed E-state index contributed by atoms with van der Waals surface area (Å²) in [6, 6.07) is 12.8. The lowest BCUT2D eigenvalue weighted by Crippen LogP contribution is -2.03. The Balaban J connectivity index is 2.20. The smallest absolute Gasteiger partial charge is 0.337 e. The van der Waals surface area contributed by atoms with E-state index in [1.165, 1.54) is 7.11 Å². The van der Waals surface area contributed by atoms with Gasteiger partial charge in [0.1, 0.15) is 0 Å². The fraction of sp³-hybridized carbons (Fsp3) is 0.188. The fourth-order valence-electron chi connectivity index (χ4n) is 1.89. The van der Waals surface area contributed by atoms with Crippen molar-refractivity contribution in [3.05, 3.63) is 63.6 Å². The van der Waals surface area contributed by atoms with E-state index in [2.05, 4.69) is 20.7 Å². The minimum Gasteiger partial charge on any atom is -0.465 e. The number of hydrogen-bond donors (Lipinski definition) is 0. The SMILES string of the molecule is COC(=O)c1ccc(CS(=O)c2cccc(C)c2)c(Br)c1. The zero-order chi connectivity index (χ0) is 15.4. The van der Waals surface area contributed by atoms with Crippen molar-refractivity contribution in [2.24, 2.45) is 0 Å². The maximum atomic E-state index is 12.4. The molecular weight excluding hydrogens is 352 g/mol. The van der Waals surface area contributed by atoms with Crippen LogP contribution in [0, 0.1) is 6.92 Å². The molecule has 0 N–H and O–H groups in total. The lowest BCUT2D eigenvalue weighted by molar-refractivity contribution is 0.0600. The van der Waals surface area contributed by atoms with E-state index in [1.807, 2.05) is 31.2 Å². The van der Waals surface area contributed by atoms with Gasteiger partial charge in [-0.05, 0) is 42.3 Å². The van der Waals surface area contributed by atoms with Crippen molar-refractivity contribution in [2.75, 3.05) is 7.11 Å². The van der Waals surface area contributed by atoms with Crippen LogP contribution in [-0.4, -0.2) is 17.3 Å². The van der Waals surface area contributed by atoms with Crippen molar-refractivity contribution >= 4 is 32.7 Å². The number of halogens is 1. The lowest BCUT2D eigenvalue weighted by atomic mass is 10.1. The van der Waals surface area contributed by atoms with Crippen LogP contribution in [0.4, 0.5) is 0 Å². The summed E-state index contributed by atoms with van der Waals surface area (Å²) in [7, 11) is 0.224. The highest BCUT2D eigenvalue weighted by atomic mass is 79.9. The molecule has 2 aromatic carbocycles. The van der Waals surface area contributed by atoms with Crippen LogP contribution in [0.15, 0.2) is 51.8 Å². The Bertz CT molecular complexity index is 698. The number of hydrogen-bond acceptors (Lipinski definition) is 3. The average Bonchev–Trinajstić information content (AvgIpc) is 2.48. The molecule has 0 aliphatic carbocycles. The number of esters is 1. The minimum absolute atomic E-state index is 0.387. The van der Waals surface area contributed by atoms with Crippen LogP contribution >= 0.6 is 15.9 Å². The molecule has 0 radical (unpaired) electrons. The molecule has 2 rings (SSSR count). The van der Waals surface area contributed by atoms with Crippen LogP contribution in [0.5, 0.6) is 0 Å². The molecule has 0 amide bonds. The first-order valence-corrected chi connectivity index (χ1v) is 8.44. The van der Waals surface area contributed by atoms with Crippen molar-refractivity contribution < 1.29 is 13.7 Å². The standard InChI is InChI=1S/C16H15BrO3S/c1-11-4-3-5-14(8-11)21(19)10-13-7-6-12(9-15(13)17)16(18)20-2/h3-9H,10H2,1-2H3. The predicted octanol–water partition coefficient (Wildman–Crippen LogP) is 3.85. The van der Waals surface area contributed by atoms with Gasteiger partial charge in [0.05, 0.1) is 29.2 Å². The van der Waals surface area contributed by atoms with Crippen LogP contribution in [0.25, 0.3) is 0 Å². The third kappa shape index (κ3) is 4.02. The predicted molar refractivity (Wildman–Crippen MR) is 86.8 cm³/mol. The Labute approximate surface area is 134 Å². The Morgan fingerprint density at radius 1 is 1.24 bits per heavy atom. The fourth-order valence-corrected chi connectivity index (χ4v) is 3.84. The van der Waals surface area contributed by atoms with Crippen molar-refractivity contribution in [2.45, 2.75) is 17.6 Å². The molecule has 0 bridgehead atoms. The summed E-state index contributed by atoms with van der Waals surface area (Å²) in [6.07, 6.45) is 0. The molecule has 1 atom stereocenters. The largest absolute Gasteiger partial charge is 0.465 e. The van der Waals surface area contributed by atoms with Gasteiger partial charge < -0.3 is 4.74 Å². The normalized spacial score (nSPS) is 12.0. The summed E-state index contributed by atoms with van der Waals surface area (Å²) in [4.78, 5) is 12.3. The second-order valence-electron chi connectivity index (χ2n) is 4.60. The molecule has 0 saturated heterocycles. The number of rotatable bonds is 4. The molecular formula is C16H15BrO3S. The van der Waals surface area contributed by atoms with E-state index >= 15 is 0 Å². The first kappa shape index (κ1) is 15.9. The lowest BCUT2D eigenvalue weighted by Gasteiger charge is -2.07. The van der Waals surface area contributed by atoms with Gasteiger partial charge in [0, 0.05) is 9.37 Å². The molecule has 5 heteroatoms. The Morgan fingerprint density at radius 3 is 2.62 bits per heavy atom. The van der Waals surface area contributed by atoms with Gasteiger partial charge >= 0.3 is 5.97 Å². The third-order valence-corrected chi connectivity index (χ3v) is 5.10. The van der Waals surface area contributed by atoms with Crippen LogP contribution in [-0.2, 0) is 21.3 Å². The van der Waals surface area contributed by atoms with E-state index in [0.29, 0.717) is 11.3 Å². The summed E-state index contributed by atoms with van der Waals surface area (Å²) >= 11 is 3.42. The van der Waals surface area contributed by atoms with Gasteiger partial charge in [-0.15, -0.1) is 0 Å². The molecule has 0 heterocycles. The zero-order valence-corrected chi connectivity index (χ0v) is 14.2. The molecule has 3 nitrogen and oxygen atoms in total. The van der Waals surface area contributed by atoms with Gasteiger partial charge in [-0.2, -0.15) is 0 Å². The van der Waals surface area contributed by atoms with E-state index in [0.717, 1.165) is 20.5 Å². The van der Waals surface area contributed by atoms with Crippen LogP contribution in [0.2, 0.25) is 0 Å². The van der Waals surface area contributed by atoms with Crippen molar-refractivity contribution in [3.8, 4) is 0 Å². The van der Waals surface area contributed by atoms with Gasteiger partial charge in [0.15, 0.2) is 0 Å². The number of methoxy groups -OCH3 is 1. The maximum Gasteiger partial charge on any atom is 0.337 e. The Morgan fingerprint density at radius 2 is 2.00 bits per heavy atom. The molecule has 0 aliphatic heterocycles. The second kappa shape index (κ2) is 7.00. The highest BCUT2D eigenvalue weighted by molar-refractivity contribution is 9.10. The molecule has 110 valence electrons. The summed E-state index contributed by atoms with van der Waals surface area (Å²) in [6.45, 7) is 1.97. The number of carbonyl (C=O) groups is 1. The Kier molecular flexibility index (Phi) is 5.31. The monoisotopic (exact) mass is 366 g/mol. The van der Waals surface area contributed by atoms with Gasteiger partial charge in [-0.1, -0.05) is 34.1 Å². The average molecular weight is 367 g/mol. The van der Waals surface area contributed by atoms with Crippen molar-refractivity contribution in [3.63, 3.8) is 0 Å².